The molecule has 0 aromatic carbocycles. The molecule has 0 heterocycles. The van der Waals surface area contributed by atoms with Gasteiger partial charge in [0.15, 0.2) is 0 Å². The summed E-state index contributed by atoms with van der Waals surface area (Å²) in [5.41, 5.74) is 0.351. The number of fused-ring (bicyclic) bond motifs is 7. The minimum Gasteiger partial charge on any atom is -0.481 e. The third-order valence-corrected chi connectivity index (χ3v) is 16.3. The van der Waals surface area contributed by atoms with Crippen LogP contribution in [0.3, 0.4) is 0 Å². The van der Waals surface area contributed by atoms with Crippen LogP contribution < -0.4 is 0 Å². The molecule has 0 spiro atoms. The molecule has 2 unspecified atom stereocenters. The molecule has 5 aliphatic carbocycles. The van der Waals surface area contributed by atoms with Crippen LogP contribution in [0.4, 0.5) is 0 Å². The van der Waals surface area contributed by atoms with E-state index in [2.05, 4.69) is 48.5 Å². The van der Waals surface area contributed by atoms with Gasteiger partial charge >= 0.3 is 23.9 Å². The largest absolute Gasteiger partial charge is 0.481 e. The molecule has 5 saturated carbocycles. The van der Waals surface area contributed by atoms with Crippen LogP contribution in [0.5, 0.6) is 0 Å². The zero-order chi connectivity index (χ0) is 37.0. The van der Waals surface area contributed by atoms with E-state index >= 15 is 0 Å². The molecular formula is C42H68O8. The first kappa shape index (κ1) is 39.1. The number of carbonyl (C=O) groups excluding carboxylic acids is 2. The normalized spacial score (nSPS) is 41.5. The molecule has 0 saturated heterocycles. The van der Waals surface area contributed by atoms with Gasteiger partial charge in [-0.3, -0.25) is 19.2 Å². The van der Waals surface area contributed by atoms with Crippen molar-refractivity contribution in [1.82, 2.24) is 0 Å². The molecule has 12 atom stereocenters. The lowest BCUT2D eigenvalue weighted by Gasteiger charge is -2.73. The second-order valence-electron chi connectivity index (χ2n) is 19.8. The van der Waals surface area contributed by atoms with E-state index in [1.165, 1.54) is 25.7 Å². The zero-order valence-corrected chi connectivity index (χ0v) is 32.6. The average molecular weight is 701 g/mol. The molecule has 5 rings (SSSR count). The summed E-state index contributed by atoms with van der Waals surface area (Å²) in [6.07, 6.45) is 11.2. The predicted molar refractivity (Wildman–Crippen MR) is 192 cm³/mol. The summed E-state index contributed by atoms with van der Waals surface area (Å²) in [6.45, 7) is 21.3. The third kappa shape index (κ3) is 6.76. The van der Waals surface area contributed by atoms with Crippen molar-refractivity contribution in [3.05, 3.63) is 0 Å². The lowest BCUT2D eigenvalue weighted by molar-refractivity contribution is -0.253. The Balaban J connectivity index is 1.35. The predicted octanol–water partition coefficient (Wildman–Crippen LogP) is 9.18. The number of carbonyl (C=O) groups is 4. The van der Waals surface area contributed by atoms with Crippen LogP contribution in [0.15, 0.2) is 0 Å². The second kappa shape index (κ2) is 14.0. The first-order chi connectivity index (χ1) is 23.2. The molecule has 0 aromatic heterocycles. The fourth-order valence-corrected chi connectivity index (χ4v) is 13.8. The first-order valence-electron chi connectivity index (χ1n) is 20.0. The molecule has 0 aromatic rings. The van der Waals surface area contributed by atoms with E-state index in [0.717, 1.165) is 38.5 Å². The lowest BCUT2D eigenvalue weighted by Crippen LogP contribution is -2.67. The SMILES string of the molecule is CC(CC(=O)O)CC(=O)OC[C@]12CC[C@@H](C(C)C)[C@@H]1[C@H]1CC[C@@H]3[C@@]4(C)CC[C@H](OC(=O)CC(C)CC(=O)O)C(C)(C)[C@@H]4CC[C@@]3(C)[C@]1(C)CC2. The van der Waals surface area contributed by atoms with Gasteiger partial charge in [-0.1, -0.05) is 62.3 Å². The maximum Gasteiger partial charge on any atom is 0.306 e. The number of esters is 2. The highest BCUT2D eigenvalue weighted by molar-refractivity contribution is 5.73. The van der Waals surface area contributed by atoms with Gasteiger partial charge in [-0.05, 0) is 128 Å². The van der Waals surface area contributed by atoms with Crippen LogP contribution >= 0.6 is 0 Å². The minimum absolute atomic E-state index is 0.000992. The van der Waals surface area contributed by atoms with Crippen LogP contribution in [0.2, 0.25) is 0 Å². The van der Waals surface area contributed by atoms with Crippen LogP contribution in [-0.2, 0) is 28.7 Å². The van der Waals surface area contributed by atoms with Crippen molar-refractivity contribution < 1.29 is 38.9 Å². The van der Waals surface area contributed by atoms with Gasteiger partial charge in [0.1, 0.15) is 6.10 Å². The standard InChI is InChI=1S/C42H68O8/c1-25(2)28-12-17-42(24-49-35(47)22-26(3)20-33(43)44)19-18-40(8)29(37(28)42)10-11-31-39(7)15-14-32(50-36(48)23-27(4)21-34(45)46)38(5,6)30(39)13-16-41(31,40)9/h25-32,37H,10-24H2,1-9H3,(H,43,44)(H,45,46)/t26?,27?,28-,29+,30-,31+,32-,37+,39-,40+,41+,42+/m0/s1. The van der Waals surface area contributed by atoms with Crippen LogP contribution in [0.1, 0.15) is 152 Å². The summed E-state index contributed by atoms with van der Waals surface area (Å²) in [4.78, 5) is 48.4. The molecule has 8 nitrogen and oxygen atoms in total. The van der Waals surface area contributed by atoms with Crippen LogP contribution in [0, 0.1) is 74.4 Å². The fraction of sp³-hybridized carbons (Fsp3) is 0.905. The van der Waals surface area contributed by atoms with E-state index in [9.17, 15) is 24.3 Å². The quantitative estimate of drug-likeness (QED) is 0.193. The van der Waals surface area contributed by atoms with Gasteiger partial charge in [-0.2, -0.15) is 0 Å². The Morgan fingerprint density at radius 1 is 0.660 bits per heavy atom. The number of rotatable bonds is 12. The van der Waals surface area contributed by atoms with Gasteiger partial charge in [-0.25, -0.2) is 0 Å². The number of hydrogen-bond donors (Lipinski definition) is 2. The molecule has 0 bridgehead atoms. The molecular weight excluding hydrogens is 632 g/mol. The van der Waals surface area contributed by atoms with E-state index in [0.29, 0.717) is 42.1 Å². The van der Waals surface area contributed by atoms with Crippen molar-refractivity contribution in [1.29, 1.82) is 0 Å². The fourth-order valence-electron chi connectivity index (χ4n) is 13.8. The van der Waals surface area contributed by atoms with Gasteiger partial charge < -0.3 is 19.7 Å². The number of carboxylic acid groups (broad SMARTS) is 2. The summed E-state index contributed by atoms with van der Waals surface area (Å²) in [5.74, 6) is 0.542. The summed E-state index contributed by atoms with van der Waals surface area (Å²) < 4.78 is 12.3. The molecule has 5 fully saturated rings. The third-order valence-electron chi connectivity index (χ3n) is 16.3. The minimum atomic E-state index is -0.882. The number of aliphatic carboxylic acids is 2. The van der Waals surface area contributed by atoms with E-state index < -0.39 is 11.9 Å². The van der Waals surface area contributed by atoms with E-state index in [-0.39, 0.29) is 82.6 Å². The van der Waals surface area contributed by atoms with E-state index in [1.807, 2.05) is 6.92 Å². The van der Waals surface area contributed by atoms with E-state index in [1.54, 1.807) is 6.92 Å². The lowest BCUT2D eigenvalue weighted by atomic mass is 9.32. The van der Waals surface area contributed by atoms with Gasteiger partial charge in [0, 0.05) is 36.5 Å². The Morgan fingerprint density at radius 2 is 1.28 bits per heavy atom. The van der Waals surface area contributed by atoms with Gasteiger partial charge in [-0.15, -0.1) is 0 Å². The Kier molecular flexibility index (Phi) is 11.0. The highest BCUT2D eigenvalue weighted by atomic mass is 16.5. The second-order valence-corrected chi connectivity index (χ2v) is 19.8. The Bertz CT molecular complexity index is 1310. The Labute approximate surface area is 301 Å². The summed E-state index contributed by atoms with van der Waals surface area (Å²) in [6, 6.07) is 0. The van der Waals surface area contributed by atoms with Crippen molar-refractivity contribution in [2.75, 3.05) is 6.61 Å². The molecule has 0 aliphatic heterocycles. The van der Waals surface area contributed by atoms with Gasteiger partial charge in [0.2, 0.25) is 0 Å². The van der Waals surface area contributed by atoms with E-state index in [4.69, 9.17) is 14.6 Å². The molecule has 0 radical (unpaired) electrons. The van der Waals surface area contributed by atoms with Crippen LogP contribution in [0.25, 0.3) is 0 Å². The monoisotopic (exact) mass is 700 g/mol. The maximum atomic E-state index is 13.0. The maximum absolute atomic E-state index is 13.0. The molecule has 8 heteroatoms. The van der Waals surface area contributed by atoms with Crippen molar-refractivity contribution >= 4 is 23.9 Å². The summed E-state index contributed by atoms with van der Waals surface area (Å²) in [5, 5.41) is 18.3. The average Bonchev–Trinajstić information content (AvgIpc) is 3.37. The van der Waals surface area contributed by atoms with Crippen LogP contribution in [-0.4, -0.2) is 46.8 Å². The first-order valence-corrected chi connectivity index (χ1v) is 20.0. The zero-order valence-electron chi connectivity index (χ0n) is 32.6. The number of hydrogen-bond acceptors (Lipinski definition) is 6. The molecule has 2 N–H and O–H groups in total. The summed E-state index contributed by atoms with van der Waals surface area (Å²) in [7, 11) is 0. The van der Waals surface area contributed by atoms with Crippen molar-refractivity contribution in [3.63, 3.8) is 0 Å². The van der Waals surface area contributed by atoms with Gasteiger partial charge in [0.05, 0.1) is 6.61 Å². The topological polar surface area (TPSA) is 127 Å². The highest BCUT2D eigenvalue weighted by Gasteiger charge is 2.71. The van der Waals surface area contributed by atoms with Crippen molar-refractivity contribution in [2.45, 2.75) is 158 Å². The Morgan fingerprint density at radius 3 is 1.88 bits per heavy atom. The molecule has 5 aliphatic rings. The highest BCUT2D eigenvalue weighted by Crippen LogP contribution is 2.77. The van der Waals surface area contributed by atoms with Gasteiger partial charge in [0.25, 0.3) is 0 Å². The number of carboxylic acids is 2. The Hall–Kier alpha value is -2.12. The van der Waals surface area contributed by atoms with Crippen molar-refractivity contribution in [2.24, 2.45) is 74.4 Å². The smallest absolute Gasteiger partial charge is 0.306 e. The molecule has 50 heavy (non-hydrogen) atoms. The number of ether oxygens (including phenoxy) is 2. The molecule has 0 amide bonds. The molecule has 284 valence electrons. The van der Waals surface area contributed by atoms with Crippen molar-refractivity contribution in [3.8, 4) is 0 Å². The summed E-state index contributed by atoms with van der Waals surface area (Å²) >= 11 is 0.